The Balaban J connectivity index is 2.37. The fraction of sp³-hybridized carbons (Fsp3) is 0.267. The van der Waals surface area contributed by atoms with Gasteiger partial charge >= 0.3 is 5.97 Å². The molecule has 0 N–H and O–H groups in total. The average molecular weight is 278 g/mol. The number of esters is 1. The quantitative estimate of drug-likeness (QED) is 0.488. The summed E-state index contributed by atoms with van der Waals surface area (Å²) in [5.74, 6) is -0.0621. The summed E-state index contributed by atoms with van der Waals surface area (Å²) in [6.45, 7) is 6.12. The summed E-state index contributed by atoms with van der Waals surface area (Å²) in [5, 5.41) is 0. The van der Waals surface area contributed by atoms with Gasteiger partial charge in [0.1, 0.15) is 11.6 Å². The number of hydrogen-bond acceptors (Lipinski definition) is 2. The molecule has 19 heavy (non-hydrogen) atoms. The highest BCUT2D eigenvalue weighted by molar-refractivity contribution is 6.26. The molecule has 4 heteroatoms. The number of hydrogen-bond donors (Lipinski definition) is 0. The SMILES string of the molecule is Cc1cc(OC(=O)CCl)ccc1-n1c(C)ccc1C. The van der Waals surface area contributed by atoms with E-state index in [-0.39, 0.29) is 5.88 Å². The molecule has 100 valence electrons. The van der Waals surface area contributed by atoms with Crippen molar-refractivity contribution in [3.05, 3.63) is 47.3 Å². The average Bonchev–Trinajstić information content (AvgIpc) is 2.70. The van der Waals surface area contributed by atoms with Crippen molar-refractivity contribution in [1.29, 1.82) is 0 Å². The van der Waals surface area contributed by atoms with E-state index in [4.69, 9.17) is 16.3 Å². The molecule has 1 aromatic carbocycles. The Morgan fingerprint density at radius 1 is 1.16 bits per heavy atom. The van der Waals surface area contributed by atoms with Gasteiger partial charge in [-0.1, -0.05) is 0 Å². The first-order chi connectivity index (χ1) is 9.02. The van der Waals surface area contributed by atoms with Crippen LogP contribution in [0.3, 0.4) is 0 Å². The van der Waals surface area contributed by atoms with Crippen molar-refractivity contribution < 1.29 is 9.53 Å². The van der Waals surface area contributed by atoms with Crippen LogP contribution in [0.4, 0.5) is 0 Å². The molecule has 0 aliphatic carbocycles. The Bertz CT molecular complexity index is 597. The summed E-state index contributed by atoms with van der Waals surface area (Å²) in [5.41, 5.74) is 4.48. The van der Waals surface area contributed by atoms with Gasteiger partial charge in [-0.25, -0.2) is 0 Å². The lowest BCUT2D eigenvalue weighted by molar-refractivity contribution is -0.131. The number of carbonyl (C=O) groups excluding carboxylic acids is 1. The number of rotatable bonds is 3. The number of halogens is 1. The van der Waals surface area contributed by atoms with Crippen molar-refractivity contribution >= 4 is 17.6 Å². The van der Waals surface area contributed by atoms with Gasteiger partial charge in [-0.2, -0.15) is 0 Å². The number of alkyl halides is 1. The summed E-state index contributed by atoms with van der Waals surface area (Å²) >= 11 is 5.42. The van der Waals surface area contributed by atoms with E-state index in [1.807, 2.05) is 19.1 Å². The van der Waals surface area contributed by atoms with Gasteiger partial charge in [0, 0.05) is 17.1 Å². The molecule has 0 fully saturated rings. The Kier molecular flexibility index (Phi) is 3.96. The Labute approximate surface area is 117 Å². The normalized spacial score (nSPS) is 10.5. The van der Waals surface area contributed by atoms with Crippen molar-refractivity contribution in [3.8, 4) is 11.4 Å². The largest absolute Gasteiger partial charge is 0.426 e. The topological polar surface area (TPSA) is 31.2 Å². The van der Waals surface area contributed by atoms with E-state index in [0.717, 1.165) is 11.3 Å². The van der Waals surface area contributed by atoms with Crippen LogP contribution in [-0.2, 0) is 4.79 Å². The van der Waals surface area contributed by atoms with Crippen molar-refractivity contribution in [2.45, 2.75) is 20.8 Å². The second-order valence-electron chi connectivity index (χ2n) is 4.51. The standard InChI is InChI=1S/C15H16ClNO2/c1-10-8-13(19-15(18)9-16)6-7-14(10)17-11(2)4-5-12(17)3/h4-8H,9H2,1-3H3. The minimum atomic E-state index is -0.442. The molecule has 2 aromatic rings. The molecule has 2 rings (SSSR count). The van der Waals surface area contributed by atoms with Crippen molar-refractivity contribution in [2.24, 2.45) is 0 Å². The molecule has 0 amide bonds. The first-order valence-electron chi connectivity index (χ1n) is 6.05. The zero-order valence-electron chi connectivity index (χ0n) is 11.2. The van der Waals surface area contributed by atoms with E-state index in [1.165, 1.54) is 11.4 Å². The summed E-state index contributed by atoms with van der Waals surface area (Å²) in [6.07, 6.45) is 0. The van der Waals surface area contributed by atoms with Crippen molar-refractivity contribution in [2.75, 3.05) is 5.88 Å². The maximum Gasteiger partial charge on any atom is 0.326 e. The van der Waals surface area contributed by atoms with Crippen LogP contribution in [0.1, 0.15) is 17.0 Å². The first-order valence-corrected chi connectivity index (χ1v) is 6.59. The third-order valence-electron chi connectivity index (χ3n) is 3.02. The molecule has 1 heterocycles. The third-order valence-corrected chi connectivity index (χ3v) is 3.24. The molecule has 0 radical (unpaired) electrons. The van der Waals surface area contributed by atoms with Crippen molar-refractivity contribution in [3.63, 3.8) is 0 Å². The summed E-state index contributed by atoms with van der Waals surface area (Å²) in [7, 11) is 0. The Hall–Kier alpha value is -1.74. The van der Waals surface area contributed by atoms with Crippen LogP contribution in [0.25, 0.3) is 5.69 Å². The van der Waals surface area contributed by atoms with E-state index in [1.54, 1.807) is 6.07 Å². The number of aromatic nitrogens is 1. The maximum absolute atomic E-state index is 11.2. The number of ether oxygens (including phenoxy) is 1. The van der Waals surface area contributed by atoms with E-state index in [0.29, 0.717) is 5.75 Å². The van der Waals surface area contributed by atoms with Crippen LogP contribution in [0.2, 0.25) is 0 Å². The first kappa shape index (κ1) is 13.7. The fourth-order valence-electron chi connectivity index (χ4n) is 2.15. The van der Waals surface area contributed by atoms with Crippen LogP contribution in [-0.4, -0.2) is 16.4 Å². The number of aryl methyl sites for hydroxylation is 3. The molecular formula is C15H16ClNO2. The van der Waals surface area contributed by atoms with E-state index in [9.17, 15) is 4.79 Å². The van der Waals surface area contributed by atoms with Crippen LogP contribution in [0, 0.1) is 20.8 Å². The fourth-order valence-corrected chi connectivity index (χ4v) is 2.20. The lowest BCUT2D eigenvalue weighted by Crippen LogP contribution is -2.09. The highest BCUT2D eigenvalue weighted by Crippen LogP contribution is 2.24. The zero-order chi connectivity index (χ0) is 14.0. The summed E-state index contributed by atoms with van der Waals surface area (Å²) < 4.78 is 7.27. The Morgan fingerprint density at radius 3 is 2.32 bits per heavy atom. The van der Waals surface area contributed by atoms with Gasteiger partial charge < -0.3 is 9.30 Å². The molecule has 0 atom stereocenters. The summed E-state index contributed by atoms with van der Waals surface area (Å²) in [6, 6.07) is 9.74. The molecule has 1 aromatic heterocycles. The minimum absolute atomic E-state index is 0.142. The highest BCUT2D eigenvalue weighted by atomic mass is 35.5. The van der Waals surface area contributed by atoms with Gasteiger partial charge in [0.15, 0.2) is 0 Å². The molecule has 0 saturated carbocycles. The zero-order valence-corrected chi connectivity index (χ0v) is 12.0. The minimum Gasteiger partial charge on any atom is -0.426 e. The molecule has 0 spiro atoms. The molecule has 0 unspecified atom stereocenters. The smallest absolute Gasteiger partial charge is 0.326 e. The van der Waals surface area contributed by atoms with E-state index >= 15 is 0 Å². The highest BCUT2D eigenvalue weighted by Gasteiger charge is 2.09. The van der Waals surface area contributed by atoms with Crippen molar-refractivity contribution in [1.82, 2.24) is 4.57 Å². The van der Waals surface area contributed by atoms with Crippen LogP contribution < -0.4 is 4.74 Å². The molecule has 3 nitrogen and oxygen atoms in total. The van der Waals surface area contributed by atoms with E-state index in [2.05, 4.69) is 30.5 Å². The van der Waals surface area contributed by atoms with Crippen LogP contribution in [0.5, 0.6) is 5.75 Å². The second-order valence-corrected chi connectivity index (χ2v) is 4.77. The predicted octanol–water partition coefficient (Wildman–Crippen LogP) is 3.55. The van der Waals surface area contributed by atoms with Gasteiger partial charge in [-0.3, -0.25) is 4.79 Å². The summed E-state index contributed by atoms with van der Waals surface area (Å²) in [4.78, 5) is 11.2. The van der Waals surface area contributed by atoms with E-state index < -0.39 is 5.97 Å². The third kappa shape index (κ3) is 2.82. The molecule has 0 saturated heterocycles. The van der Waals surface area contributed by atoms with Gasteiger partial charge in [0.25, 0.3) is 0 Å². The monoisotopic (exact) mass is 277 g/mol. The number of benzene rings is 1. The van der Waals surface area contributed by atoms with Crippen LogP contribution >= 0.6 is 11.6 Å². The second kappa shape index (κ2) is 5.49. The number of carbonyl (C=O) groups is 1. The Morgan fingerprint density at radius 2 is 1.79 bits per heavy atom. The lowest BCUT2D eigenvalue weighted by atomic mass is 10.2. The molecule has 0 aliphatic heterocycles. The molecule has 0 aliphatic rings. The molecular weight excluding hydrogens is 262 g/mol. The van der Waals surface area contributed by atoms with Gasteiger partial charge in [0.2, 0.25) is 0 Å². The number of nitrogens with zero attached hydrogens (tertiary/aromatic N) is 1. The van der Waals surface area contributed by atoms with Gasteiger partial charge in [-0.05, 0) is 56.7 Å². The lowest BCUT2D eigenvalue weighted by Gasteiger charge is -2.13. The predicted molar refractivity (Wildman–Crippen MR) is 76.3 cm³/mol. The maximum atomic E-state index is 11.2. The van der Waals surface area contributed by atoms with Gasteiger partial charge in [0.05, 0.1) is 0 Å². The van der Waals surface area contributed by atoms with Crippen LogP contribution in [0.15, 0.2) is 30.3 Å². The molecule has 0 bridgehead atoms. The van der Waals surface area contributed by atoms with Gasteiger partial charge in [-0.15, -0.1) is 11.6 Å².